The predicted octanol–water partition coefficient (Wildman–Crippen LogP) is 3.13. The normalized spacial score (nSPS) is 15.0. The van der Waals surface area contributed by atoms with Gasteiger partial charge in [-0.2, -0.15) is 4.31 Å². The summed E-state index contributed by atoms with van der Waals surface area (Å²) in [5.41, 5.74) is 1.50. The lowest BCUT2D eigenvalue weighted by atomic mass is 10.1. The number of rotatable bonds is 6. The number of hydrogen-bond donors (Lipinski definition) is 0. The van der Waals surface area contributed by atoms with Gasteiger partial charge in [0, 0.05) is 44.8 Å². The van der Waals surface area contributed by atoms with Crippen LogP contribution in [0.25, 0.3) is 0 Å². The van der Waals surface area contributed by atoms with Crippen LogP contribution in [0.2, 0.25) is 0 Å². The summed E-state index contributed by atoms with van der Waals surface area (Å²) < 4.78 is 41.3. The Bertz CT molecular complexity index is 1010. The topological polar surface area (TPSA) is 60.9 Å². The molecule has 1 saturated heterocycles. The highest BCUT2D eigenvalue weighted by molar-refractivity contribution is 7.89. The van der Waals surface area contributed by atoms with E-state index in [2.05, 4.69) is 0 Å². The first-order chi connectivity index (χ1) is 14.3. The predicted molar refractivity (Wildman–Crippen MR) is 116 cm³/mol. The summed E-state index contributed by atoms with van der Waals surface area (Å²) in [6.45, 7) is 7.98. The molecule has 8 heteroatoms. The molecule has 2 aromatic carbocycles. The third-order valence-electron chi connectivity index (χ3n) is 5.52. The van der Waals surface area contributed by atoms with Gasteiger partial charge in [0.1, 0.15) is 5.82 Å². The van der Waals surface area contributed by atoms with Gasteiger partial charge in [-0.3, -0.25) is 4.79 Å². The van der Waals surface area contributed by atoms with Crippen molar-refractivity contribution in [3.8, 4) is 0 Å². The number of carbonyl (C=O) groups excluding carboxylic acids is 1. The molecule has 6 nitrogen and oxygen atoms in total. The highest BCUT2D eigenvalue weighted by atomic mass is 32.2. The zero-order valence-electron chi connectivity index (χ0n) is 17.6. The number of hydrogen-bond acceptors (Lipinski definition) is 4. The number of nitrogens with zero attached hydrogens (tertiary/aromatic N) is 3. The molecule has 0 bridgehead atoms. The van der Waals surface area contributed by atoms with E-state index in [1.807, 2.05) is 4.90 Å². The van der Waals surface area contributed by atoms with Crippen molar-refractivity contribution < 1.29 is 17.6 Å². The van der Waals surface area contributed by atoms with Crippen LogP contribution >= 0.6 is 0 Å². The number of piperazine rings is 1. The van der Waals surface area contributed by atoms with Crippen LogP contribution in [0.15, 0.2) is 47.4 Å². The van der Waals surface area contributed by atoms with E-state index in [0.29, 0.717) is 56.1 Å². The van der Waals surface area contributed by atoms with E-state index in [4.69, 9.17) is 0 Å². The molecule has 2 aromatic rings. The van der Waals surface area contributed by atoms with Gasteiger partial charge in [-0.05, 0) is 36.8 Å². The summed E-state index contributed by atoms with van der Waals surface area (Å²) in [6.07, 6.45) is 0. The zero-order chi connectivity index (χ0) is 21.9. The van der Waals surface area contributed by atoms with Crippen molar-refractivity contribution in [3.63, 3.8) is 0 Å². The monoisotopic (exact) mass is 433 g/mol. The number of anilines is 1. The number of benzene rings is 2. The lowest BCUT2D eigenvalue weighted by molar-refractivity contribution is 0.0746. The Labute approximate surface area is 177 Å². The lowest BCUT2D eigenvalue weighted by Crippen LogP contribution is -2.49. The van der Waals surface area contributed by atoms with Gasteiger partial charge in [0.25, 0.3) is 5.91 Å². The van der Waals surface area contributed by atoms with E-state index in [-0.39, 0.29) is 16.6 Å². The maximum atomic E-state index is 14.0. The van der Waals surface area contributed by atoms with Crippen molar-refractivity contribution in [2.75, 3.05) is 44.2 Å². The fraction of sp³-hybridized carbons (Fsp3) is 0.409. The molecule has 0 aliphatic carbocycles. The van der Waals surface area contributed by atoms with Crippen LogP contribution in [-0.4, -0.2) is 62.8 Å². The Morgan fingerprint density at radius 3 is 2.27 bits per heavy atom. The van der Waals surface area contributed by atoms with Gasteiger partial charge in [0.05, 0.1) is 10.6 Å². The fourth-order valence-electron chi connectivity index (χ4n) is 3.75. The zero-order valence-corrected chi connectivity index (χ0v) is 18.5. The number of amides is 1. The number of carbonyl (C=O) groups is 1. The molecule has 1 heterocycles. The SMILES string of the molecule is CCN(CC)S(=O)(=O)c1cc(C(=O)N2CCN(c3ccccc3F)CC2)ccc1C. The minimum Gasteiger partial charge on any atom is -0.366 e. The number of para-hydroxylation sites is 1. The Hall–Kier alpha value is -2.45. The Morgan fingerprint density at radius 2 is 1.67 bits per heavy atom. The molecule has 1 amide bonds. The molecular weight excluding hydrogens is 405 g/mol. The fourth-order valence-corrected chi connectivity index (χ4v) is 5.46. The van der Waals surface area contributed by atoms with Crippen LogP contribution in [0, 0.1) is 12.7 Å². The number of aryl methyl sites for hydroxylation is 1. The third kappa shape index (κ3) is 4.34. The Morgan fingerprint density at radius 1 is 1.03 bits per heavy atom. The van der Waals surface area contributed by atoms with E-state index in [9.17, 15) is 17.6 Å². The highest BCUT2D eigenvalue weighted by Gasteiger charge is 2.27. The van der Waals surface area contributed by atoms with Crippen molar-refractivity contribution in [3.05, 3.63) is 59.4 Å². The van der Waals surface area contributed by atoms with Gasteiger partial charge in [-0.1, -0.05) is 32.0 Å². The maximum absolute atomic E-state index is 14.0. The van der Waals surface area contributed by atoms with Crippen LogP contribution in [0.1, 0.15) is 29.8 Å². The molecular formula is C22H28FN3O3S. The molecule has 1 aliphatic rings. The molecule has 30 heavy (non-hydrogen) atoms. The average Bonchev–Trinajstić information content (AvgIpc) is 2.74. The van der Waals surface area contributed by atoms with Gasteiger partial charge in [0.15, 0.2) is 0 Å². The van der Waals surface area contributed by atoms with E-state index >= 15 is 0 Å². The van der Waals surface area contributed by atoms with Crippen LogP contribution in [0.5, 0.6) is 0 Å². The number of halogens is 1. The van der Waals surface area contributed by atoms with E-state index < -0.39 is 10.0 Å². The second-order valence-electron chi connectivity index (χ2n) is 7.30. The molecule has 162 valence electrons. The molecule has 0 spiro atoms. The summed E-state index contributed by atoms with van der Waals surface area (Å²) in [7, 11) is -3.66. The molecule has 0 radical (unpaired) electrons. The molecule has 1 aliphatic heterocycles. The molecule has 0 N–H and O–H groups in total. The highest BCUT2D eigenvalue weighted by Crippen LogP contribution is 2.24. The van der Waals surface area contributed by atoms with Crippen molar-refractivity contribution in [1.29, 1.82) is 0 Å². The third-order valence-corrected chi connectivity index (χ3v) is 7.71. The second kappa shape index (κ2) is 9.14. The standard InChI is InChI=1S/C22H28FN3O3S/c1-4-26(5-2)30(28,29)21-16-18(11-10-17(21)3)22(27)25-14-12-24(13-15-25)20-9-7-6-8-19(20)23/h6-11,16H,4-5,12-15H2,1-3H3. The summed E-state index contributed by atoms with van der Waals surface area (Å²) in [5.74, 6) is -0.485. The maximum Gasteiger partial charge on any atom is 0.254 e. The lowest BCUT2D eigenvalue weighted by Gasteiger charge is -2.36. The molecule has 0 unspecified atom stereocenters. The van der Waals surface area contributed by atoms with Crippen molar-refractivity contribution in [2.45, 2.75) is 25.7 Å². The molecule has 1 fully saturated rings. The van der Waals surface area contributed by atoms with Crippen LogP contribution in [-0.2, 0) is 10.0 Å². The van der Waals surface area contributed by atoms with Crippen molar-refractivity contribution in [2.24, 2.45) is 0 Å². The summed E-state index contributed by atoms with van der Waals surface area (Å²) in [4.78, 5) is 16.8. The van der Waals surface area contributed by atoms with Crippen molar-refractivity contribution in [1.82, 2.24) is 9.21 Å². The minimum atomic E-state index is -3.66. The molecule has 0 saturated carbocycles. The van der Waals surface area contributed by atoms with E-state index in [1.165, 1.54) is 16.4 Å². The van der Waals surface area contributed by atoms with Crippen LogP contribution in [0.3, 0.4) is 0 Å². The van der Waals surface area contributed by atoms with Gasteiger partial charge < -0.3 is 9.80 Å². The minimum absolute atomic E-state index is 0.169. The average molecular weight is 434 g/mol. The Kier molecular flexibility index (Phi) is 6.77. The van der Waals surface area contributed by atoms with Gasteiger partial charge in [-0.15, -0.1) is 0 Å². The summed E-state index contributed by atoms with van der Waals surface area (Å²) in [5, 5.41) is 0. The Balaban J connectivity index is 1.78. The first-order valence-electron chi connectivity index (χ1n) is 10.2. The van der Waals surface area contributed by atoms with E-state index in [0.717, 1.165) is 0 Å². The molecule has 0 aromatic heterocycles. The van der Waals surface area contributed by atoms with Gasteiger partial charge in [-0.25, -0.2) is 12.8 Å². The summed E-state index contributed by atoms with van der Waals surface area (Å²) >= 11 is 0. The van der Waals surface area contributed by atoms with Gasteiger partial charge in [0.2, 0.25) is 10.0 Å². The molecule has 0 atom stereocenters. The van der Waals surface area contributed by atoms with Crippen molar-refractivity contribution >= 4 is 21.6 Å². The first-order valence-corrected chi connectivity index (χ1v) is 11.6. The number of sulfonamides is 1. The smallest absolute Gasteiger partial charge is 0.254 e. The first kappa shape index (κ1) is 22.2. The van der Waals surface area contributed by atoms with Crippen LogP contribution in [0.4, 0.5) is 10.1 Å². The largest absolute Gasteiger partial charge is 0.366 e. The second-order valence-corrected chi connectivity index (χ2v) is 9.21. The summed E-state index contributed by atoms with van der Waals surface area (Å²) in [6, 6.07) is 11.4. The van der Waals surface area contributed by atoms with Crippen LogP contribution < -0.4 is 4.90 Å². The quantitative estimate of drug-likeness (QED) is 0.702. The molecule has 3 rings (SSSR count). The van der Waals surface area contributed by atoms with Gasteiger partial charge >= 0.3 is 0 Å². The van der Waals surface area contributed by atoms with E-state index in [1.54, 1.807) is 56.0 Å².